The fraction of sp³-hybridized carbons (Fsp3) is 0.696. The maximum Gasteiger partial charge on any atom is 0.118 e. The Morgan fingerprint density at radius 3 is 2.67 bits per heavy atom. The highest BCUT2D eigenvalue weighted by Gasteiger charge is 2.54. The number of piperidine rings is 1. The zero-order valence-electron chi connectivity index (χ0n) is 18.4. The number of nitrogens with zero attached hydrogens (tertiary/aromatic N) is 3. The lowest BCUT2D eigenvalue weighted by atomic mass is 9.89. The Balaban J connectivity index is 1.17. The average molecular weight is 413 g/mol. The molecule has 1 aliphatic carbocycles. The highest BCUT2D eigenvalue weighted by molar-refractivity contribution is 6.09. The van der Waals surface area contributed by atoms with E-state index in [9.17, 15) is 0 Å². The maximum absolute atomic E-state index is 8.23. The number of aryl methyl sites for hydroxylation is 2. The van der Waals surface area contributed by atoms with Gasteiger partial charge in [-0.1, -0.05) is 0 Å². The third-order valence-corrected chi connectivity index (χ3v) is 7.40. The van der Waals surface area contributed by atoms with Gasteiger partial charge >= 0.3 is 0 Å². The Labute approximate surface area is 179 Å². The molecule has 30 heavy (non-hydrogen) atoms. The molecular formula is C23H36N6O. The van der Waals surface area contributed by atoms with Crippen LogP contribution >= 0.6 is 0 Å². The van der Waals surface area contributed by atoms with Crippen molar-refractivity contribution in [3.05, 3.63) is 29.6 Å². The highest BCUT2D eigenvalue weighted by atomic mass is 16.5. The third kappa shape index (κ3) is 4.83. The normalized spacial score (nSPS) is 24.4. The summed E-state index contributed by atoms with van der Waals surface area (Å²) in [4.78, 5) is 2.67. The number of likely N-dealkylation sites (tertiary alicyclic amines) is 1. The maximum atomic E-state index is 8.23. The summed E-state index contributed by atoms with van der Waals surface area (Å²) in [7, 11) is 1.84. The molecule has 4 rings (SSSR count). The van der Waals surface area contributed by atoms with Crippen molar-refractivity contribution in [2.45, 2.75) is 39.0 Å². The Hall–Kier alpha value is -1.99. The number of allylic oxidation sites excluding steroid dienone is 1. The van der Waals surface area contributed by atoms with Crippen LogP contribution in [-0.4, -0.2) is 65.6 Å². The van der Waals surface area contributed by atoms with Crippen molar-refractivity contribution in [3.8, 4) is 0 Å². The second-order valence-corrected chi connectivity index (χ2v) is 9.46. The first-order valence-electron chi connectivity index (χ1n) is 11.3. The van der Waals surface area contributed by atoms with Gasteiger partial charge in [0.1, 0.15) is 5.84 Å². The molecule has 7 nitrogen and oxygen atoms in total. The molecule has 3 heterocycles. The Bertz CT molecular complexity index is 779. The van der Waals surface area contributed by atoms with E-state index in [2.05, 4.69) is 15.3 Å². The lowest BCUT2D eigenvalue weighted by Gasteiger charge is -2.36. The molecule has 1 unspecified atom stereocenters. The molecule has 2 saturated heterocycles. The van der Waals surface area contributed by atoms with Gasteiger partial charge in [-0.15, -0.1) is 0 Å². The number of ether oxygens (including phenoxy) is 1. The summed E-state index contributed by atoms with van der Waals surface area (Å²) >= 11 is 0. The van der Waals surface area contributed by atoms with E-state index < -0.39 is 0 Å². The number of aromatic nitrogens is 2. The Morgan fingerprint density at radius 2 is 2.00 bits per heavy atom. The first-order chi connectivity index (χ1) is 14.5. The average Bonchev–Trinajstić information content (AvgIpc) is 3.31. The Morgan fingerprint density at radius 1 is 1.27 bits per heavy atom. The number of nitrogens with one attached hydrogen (secondary N) is 3. The summed E-state index contributed by atoms with van der Waals surface area (Å²) in [5.74, 6) is 1.90. The largest absolute Gasteiger partial charge is 0.381 e. The summed E-state index contributed by atoms with van der Waals surface area (Å²) in [5.41, 5.74) is 2.68. The molecular weight excluding hydrogens is 376 g/mol. The lowest BCUT2D eigenvalue weighted by Crippen LogP contribution is -2.40. The van der Waals surface area contributed by atoms with Gasteiger partial charge in [0.25, 0.3) is 0 Å². The highest BCUT2D eigenvalue weighted by Crippen LogP contribution is 2.59. The van der Waals surface area contributed by atoms with Crippen LogP contribution in [0.4, 0.5) is 0 Å². The fourth-order valence-corrected chi connectivity index (χ4v) is 5.28. The van der Waals surface area contributed by atoms with Gasteiger partial charge in [-0.05, 0) is 87.1 Å². The molecule has 0 bridgehead atoms. The minimum absolute atomic E-state index is 0.388. The molecule has 2 aliphatic heterocycles. The standard InChI is InChI=1S/C23H36N6O/c1-17-14-27-28(2)22(17)20(24)3-4-21(25)26-15-19-13-23(19)7-9-29(10-8-23)16-18-5-11-30-12-6-18/h3-4,14,18-19,24H,5-13,15-16H2,1-2H3,(H2,25,26)/b4-3-,24-20?. The van der Waals surface area contributed by atoms with Gasteiger partial charge < -0.3 is 15.0 Å². The summed E-state index contributed by atoms with van der Waals surface area (Å²) in [6.45, 7) is 8.42. The SMILES string of the molecule is Cc1cnn(C)c1C(=N)/C=C\C(=N)NCC1CC12CCN(CC1CCOCC1)CC2. The predicted octanol–water partition coefficient (Wildman–Crippen LogP) is 2.75. The third-order valence-electron chi connectivity index (χ3n) is 7.40. The molecule has 0 aromatic carbocycles. The van der Waals surface area contributed by atoms with E-state index in [-0.39, 0.29) is 0 Å². The fourth-order valence-electron chi connectivity index (χ4n) is 5.28. The van der Waals surface area contributed by atoms with Crippen LogP contribution in [0.2, 0.25) is 0 Å². The van der Waals surface area contributed by atoms with Crippen molar-refractivity contribution in [1.82, 2.24) is 20.0 Å². The second kappa shape index (κ2) is 9.02. The van der Waals surface area contributed by atoms with E-state index in [0.717, 1.165) is 36.9 Å². The van der Waals surface area contributed by atoms with Gasteiger partial charge in [0.05, 0.1) is 17.6 Å². The summed E-state index contributed by atoms with van der Waals surface area (Å²) in [6.07, 6.45) is 11.5. The number of hydrogen-bond donors (Lipinski definition) is 3. The van der Waals surface area contributed by atoms with E-state index in [1.807, 2.05) is 14.0 Å². The van der Waals surface area contributed by atoms with E-state index in [4.69, 9.17) is 15.6 Å². The minimum atomic E-state index is 0.388. The smallest absolute Gasteiger partial charge is 0.118 e. The molecule has 3 aliphatic rings. The number of hydrogen-bond acceptors (Lipinski definition) is 5. The van der Waals surface area contributed by atoms with E-state index in [1.165, 1.54) is 51.7 Å². The quantitative estimate of drug-likeness (QED) is 0.474. The van der Waals surface area contributed by atoms with Gasteiger partial charge in [-0.2, -0.15) is 5.10 Å². The van der Waals surface area contributed by atoms with Crippen LogP contribution in [0.5, 0.6) is 0 Å². The molecule has 3 N–H and O–H groups in total. The van der Waals surface area contributed by atoms with E-state index in [1.54, 1.807) is 23.0 Å². The molecule has 0 radical (unpaired) electrons. The molecule has 0 amide bonds. The molecule has 1 aromatic heterocycles. The van der Waals surface area contributed by atoms with E-state index in [0.29, 0.717) is 22.9 Å². The topological polar surface area (TPSA) is 90.0 Å². The van der Waals surface area contributed by atoms with Gasteiger partial charge in [0, 0.05) is 33.4 Å². The van der Waals surface area contributed by atoms with Crippen molar-refractivity contribution >= 4 is 11.5 Å². The van der Waals surface area contributed by atoms with Gasteiger partial charge in [0.15, 0.2) is 0 Å². The van der Waals surface area contributed by atoms with Crippen LogP contribution in [0.1, 0.15) is 43.4 Å². The Kier molecular flexibility index (Phi) is 6.39. The van der Waals surface area contributed by atoms with Crippen molar-refractivity contribution in [2.24, 2.45) is 24.3 Å². The van der Waals surface area contributed by atoms with Crippen LogP contribution in [-0.2, 0) is 11.8 Å². The van der Waals surface area contributed by atoms with E-state index >= 15 is 0 Å². The number of rotatable bonds is 7. The van der Waals surface area contributed by atoms with Crippen molar-refractivity contribution in [1.29, 1.82) is 10.8 Å². The van der Waals surface area contributed by atoms with Crippen molar-refractivity contribution in [2.75, 3.05) is 39.4 Å². The van der Waals surface area contributed by atoms with Crippen molar-refractivity contribution in [3.63, 3.8) is 0 Å². The van der Waals surface area contributed by atoms with Crippen molar-refractivity contribution < 1.29 is 4.74 Å². The van der Waals surface area contributed by atoms with Crippen LogP contribution < -0.4 is 5.32 Å². The molecule has 164 valence electrons. The minimum Gasteiger partial charge on any atom is -0.381 e. The summed E-state index contributed by atoms with van der Waals surface area (Å²) < 4.78 is 7.20. The zero-order chi connectivity index (χ0) is 21.1. The molecule has 7 heteroatoms. The molecule has 1 spiro atoms. The second-order valence-electron chi connectivity index (χ2n) is 9.46. The molecule has 1 atom stereocenters. The molecule has 1 aromatic rings. The summed E-state index contributed by atoms with van der Waals surface area (Å²) in [6, 6.07) is 0. The molecule has 1 saturated carbocycles. The first-order valence-corrected chi connectivity index (χ1v) is 11.3. The van der Waals surface area contributed by atoms with Gasteiger partial charge in [-0.25, -0.2) is 0 Å². The van der Waals surface area contributed by atoms with Gasteiger partial charge in [-0.3, -0.25) is 15.5 Å². The van der Waals surface area contributed by atoms with Gasteiger partial charge in [0.2, 0.25) is 0 Å². The lowest BCUT2D eigenvalue weighted by molar-refractivity contribution is 0.0448. The van der Waals surface area contributed by atoms with Crippen LogP contribution in [0, 0.1) is 35.0 Å². The summed E-state index contributed by atoms with van der Waals surface area (Å²) in [5, 5.41) is 23.9. The zero-order valence-corrected chi connectivity index (χ0v) is 18.4. The van der Waals surface area contributed by atoms with Crippen LogP contribution in [0.25, 0.3) is 0 Å². The monoisotopic (exact) mass is 412 g/mol. The molecule has 3 fully saturated rings. The predicted molar refractivity (Wildman–Crippen MR) is 119 cm³/mol. The first kappa shape index (κ1) is 21.2. The number of amidine groups is 1. The van der Waals surface area contributed by atoms with Crippen LogP contribution in [0.15, 0.2) is 18.3 Å². The van der Waals surface area contributed by atoms with Crippen LogP contribution in [0.3, 0.4) is 0 Å².